The molecule has 3 aromatic rings. The molecule has 0 aliphatic rings. The number of pyridine rings is 1. The van der Waals surface area contributed by atoms with Crippen LogP contribution in [0.3, 0.4) is 0 Å². The Morgan fingerprint density at radius 2 is 1.88 bits per heavy atom. The number of nitrogens with zero attached hydrogens (tertiary/aromatic N) is 1. The van der Waals surface area contributed by atoms with Gasteiger partial charge in [-0.25, -0.2) is 8.42 Å². The first-order valence-electron chi connectivity index (χ1n) is 10.2. The molecule has 0 saturated heterocycles. The molecule has 1 atom stereocenters. The van der Waals surface area contributed by atoms with E-state index in [0.717, 1.165) is 17.0 Å². The van der Waals surface area contributed by atoms with Crippen LogP contribution in [0.5, 0.6) is 0 Å². The zero-order valence-electron chi connectivity index (χ0n) is 18.9. The Hall–Kier alpha value is -3.34. The molecule has 10 heteroatoms. The highest BCUT2D eigenvalue weighted by Crippen LogP contribution is 2.43. The number of benzene rings is 1. The first kappa shape index (κ1) is 25.3. The van der Waals surface area contributed by atoms with Crippen molar-refractivity contribution in [1.82, 2.24) is 4.98 Å². The van der Waals surface area contributed by atoms with E-state index in [1.807, 2.05) is 0 Å². The van der Waals surface area contributed by atoms with Gasteiger partial charge in [-0.05, 0) is 50.1 Å². The van der Waals surface area contributed by atoms with E-state index in [0.29, 0.717) is 16.7 Å². The summed E-state index contributed by atoms with van der Waals surface area (Å²) in [6, 6.07) is 11.2. The van der Waals surface area contributed by atoms with Crippen LogP contribution in [0.4, 0.5) is 5.00 Å². The molecule has 2 heterocycles. The molecule has 4 N–H and O–H groups in total. The van der Waals surface area contributed by atoms with Crippen LogP contribution >= 0.6 is 11.3 Å². The smallest absolute Gasteiger partial charge is 0.256 e. The average molecular weight is 500 g/mol. The molecule has 1 unspecified atom stereocenters. The molecule has 0 saturated carbocycles. The van der Waals surface area contributed by atoms with E-state index >= 15 is 0 Å². The predicted molar refractivity (Wildman–Crippen MR) is 132 cm³/mol. The Morgan fingerprint density at radius 1 is 1.21 bits per heavy atom. The molecule has 178 valence electrons. The van der Waals surface area contributed by atoms with Crippen molar-refractivity contribution < 1.29 is 23.1 Å². The first-order chi connectivity index (χ1) is 15.9. The van der Waals surface area contributed by atoms with Gasteiger partial charge >= 0.3 is 0 Å². The van der Waals surface area contributed by atoms with E-state index in [1.165, 1.54) is 38.3 Å². The maximum atomic E-state index is 13.6. The van der Waals surface area contributed by atoms with Gasteiger partial charge in [0.15, 0.2) is 9.84 Å². The van der Waals surface area contributed by atoms with E-state index < -0.39 is 32.5 Å². The number of nitrogens with one attached hydrogen (secondary N) is 1. The highest BCUT2D eigenvalue weighted by molar-refractivity contribution is 7.94. The zero-order chi connectivity index (χ0) is 25.3. The summed E-state index contributed by atoms with van der Waals surface area (Å²) >= 11 is 0.816. The maximum Gasteiger partial charge on any atom is 0.256 e. The van der Waals surface area contributed by atoms with Crippen LogP contribution in [0.25, 0.3) is 11.1 Å². The highest BCUT2D eigenvalue weighted by Gasteiger charge is 2.32. The van der Waals surface area contributed by atoms with Crippen LogP contribution in [0, 0.1) is 6.92 Å². The number of thiophene rings is 1. The largest absolute Gasteiger partial charge is 0.381 e. The number of hydrogen-bond donors (Lipinski definition) is 3. The fraction of sp³-hybridized carbons (Fsp3) is 0.208. The fourth-order valence-electron chi connectivity index (χ4n) is 3.21. The molecule has 0 aliphatic carbocycles. The number of hydrogen-bond acceptors (Lipinski definition) is 7. The van der Waals surface area contributed by atoms with Crippen molar-refractivity contribution in [2.24, 2.45) is 5.73 Å². The van der Waals surface area contributed by atoms with Crippen molar-refractivity contribution in [1.29, 1.82) is 0 Å². The van der Waals surface area contributed by atoms with Gasteiger partial charge in [0.1, 0.15) is 20.1 Å². The van der Waals surface area contributed by atoms with Gasteiger partial charge in [-0.15, -0.1) is 17.9 Å². The zero-order valence-corrected chi connectivity index (χ0v) is 20.5. The number of aromatic nitrogens is 1. The molecule has 2 amide bonds. The van der Waals surface area contributed by atoms with E-state index in [2.05, 4.69) is 16.9 Å². The summed E-state index contributed by atoms with van der Waals surface area (Å²) in [6.45, 7) is 8.10. The normalized spacial score (nSPS) is 12.7. The minimum Gasteiger partial charge on any atom is -0.381 e. The number of amides is 2. The molecule has 0 bridgehead atoms. The standard InChI is InChI=1S/C24H25N3O5S2/c1-5-19(15-11-10-14(2)26-13-15)34(31,32)20-12-18(16-8-6-7-9-17(16)21(25)28)22(33-20)27-23(29)24(3,4)30/h5-13,19,30H,1H2,2-4H3,(H2,25,28)(H,27,29). The van der Waals surface area contributed by atoms with Gasteiger partial charge < -0.3 is 16.2 Å². The molecule has 0 aliphatic heterocycles. The highest BCUT2D eigenvalue weighted by atomic mass is 32.2. The fourth-order valence-corrected chi connectivity index (χ4v) is 6.31. The maximum absolute atomic E-state index is 13.6. The third-order valence-electron chi connectivity index (χ3n) is 5.07. The van der Waals surface area contributed by atoms with Gasteiger partial charge in [-0.1, -0.05) is 30.3 Å². The van der Waals surface area contributed by atoms with Crippen LogP contribution in [-0.2, 0) is 14.6 Å². The number of carbonyl (C=O) groups excluding carboxylic acids is 2. The van der Waals surface area contributed by atoms with Crippen LogP contribution < -0.4 is 11.1 Å². The van der Waals surface area contributed by atoms with Crippen molar-refractivity contribution in [2.75, 3.05) is 5.32 Å². The minimum atomic E-state index is -4.00. The van der Waals surface area contributed by atoms with Crippen molar-refractivity contribution in [3.63, 3.8) is 0 Å². The number of nitrogens with two attached hydrogens (primary N) is 1. The van der Waals surface area contributed by atoms with E-state index in [-0.39, 0.29) is 14.8 Å². The van der Waals surface area contributed by atoms with E-state index in [4.69, 9.17) is 5.73 Å². The summed E-state index contributed by atoms with van der Waals surface area (Å²) < 4.78 is 27.2. The lowest BCUT2D eigenvalue weighted by atomic mass is 10.0. The molecule has 34 heavy (non-hydrogen) atoms. The molecule has 3 rings (SSSR count). The monoisotopic (exact) mass is 499 g/mol. The van der Waals surface area contributed by atoms with Crippen molar-refractivity contribution in [3.05, 3.63) is 78.1 Å². The van der Waals surface area contributed by atoms with Crippen molar-refractivity contribution in [2.45, 2.75) is 35.8 Å². The second-order valence-corrected chi connectivity index (χ2v) is 11.5. The number of primary amides is 1. The van der Waals surface area contributed by atoms with Crippen LogP contribution in [-0.4, -0.2) is 35.9 Å². The minimum absolute atomic E-state index is 0.0571. The third kappa shape index (κ3) is 5.09. The van der Waals surface area contributed by atoms with Crippen LogP contribution in [0.1, 0.15) is 40.7 Å². The van der Waals surface area contributed by atoms with Crippen LogP contribution in [0.15, 0.2) is 65.5 Å². The lowest BCUT2D eigenvalue weighted by Gasteiger charge is -2.17. The summed E-state index contributed by atoms with van der Waals surface area (Å²) in [5, 5.41) is 11.8. The Labute approximate surface area is 202 Å². The Morgan fingerprint density at radius 3 is 2.44 bits per heavy atom. The van der Waals surface area contributed by atoms with Gasteiger partial charge in [0.2, 0.25) is 5.91 Å². The molecular formula is C24H25N3O5S2. The number of rotatable bonds is 8. The second kappa shape index (κ2) is 9.49. The molecule has 2 aromatic heterocycles. The quantitative estimate of drug-likeness (QED) is 0.405. The van der Waals surface area contributed by atoms with Gasteiger partial charge in [-0.3, -0.25) is 14.6 Å². The predicted octanol–water partition coefficient (Wildman–Crippen LogP) is 3.63. The Balaban J connectivity index is 2.20. The Bertz CT molecular complexity index is 1350. The number of anilines is 1. The van der Waals surface area contributed by atoms with Gasteiger partial charge in [0.05, 0.1) is 0 Å². The molecular weight excluding hydrogens is 474 g/mol. The first-order valence-corrected chi connectivity index (χ1v) is 12.6. The van der Waals surface area contributed by atoms with Gasteiger partial charge in [0, 0.05) is 23.0 Å². The molecule has 1 aromatic carbocycles. The summed E-state index contributed by atoms with van der Waals surface area (Å²) in [5.41, 5.74) is 5.78. The lowest BCUT2D eigenvalue weighted by molar-refractivity contribution is -0.130. The molecule has 0 spiro atoms. The van der Waals surface area contributed by atoms with E-state index in [1.54, 1.807) is 37.3 Å². The summed E-state index contributed by atoms with van der Waals surface area (Å²) in [5.74, 6) is -1.44. The molecule has 0 radical (unpaired) electrons. The molecule has 0 fully saturated rings. The van der Waals surface area contributed by atoms with Crippen molar-refractivity contribution in [3.8, 4) is 11.1 Å². The number of aliphatic hydroxyl groups is 1. The van der Waals surface area contributed by atoms with E-state index in [9.17, 15) is 23.1 Å². The van der Waals surface area contributed by atoms with Crippen LogP contribution in [0.2, 0.25) is 0 Å². The SMILES string of the molecule is C=CC(c1ccc(C)nc1)S(=O)(=O)c1cc(-c2ccccc2C(N)=O)c(NC(=O)C(C)(C)O)s1. The van der Waals surface area contributed by atoms with Gasteiger partial charge in [0.25, 0.3) is 5.91 Å². The number of sulfone groups is 1. The topological polar surface area (TPSA) is 139 Å². The molecule has 8 nitrogen and oxygen atoms in total. The summed E-state index contributed by atoms with van der Waals surface area (Å²) in [7, 11) is -4.00. The summed E-state index contributed by atoms with van der Waals surface area (Å²) in [4.78, 5) is 28.7. The Kier molecular flexibility index (Phi) is 7.06. The second-order valence-electron chi connectivity index (χ2n) is 8.17. The van der Waals surface area contributed by atoms with Crippen molar-refractivity contribution >= 4 is 38.0 Å². The average Bonchev–Trinajstić information content (AvgIpc) is 3.19. The lowest BCUT2D eigenvalue weighted by Crippen LogP contribution is -2.36. The van der Waals surface area contributed by atoms with Gasteiger partial charge in [-0.2, -0.15) is 0 Å². The number of carbonyl (C=O) groups is 2. The number of aryl methyl sites for hydroxylation is 1. The third-order valence-corrected chi connectivity index (χ3v) is 8.67. The summed E-state index contributed by atoms with van der Waals surface area (Å²) in [6.07, 6.45) is 2.79.